The van der Waals surface area contributed by atoms with E-state index >= 15 is 0 Å². The molecular weight excluding hydrogens is 258 g/mol. The number of fused-ring (bicyclic) bond motifs is 1. The average molecular weight is 281 g/mol. The lowest BCUT2D eigenvalue weighted by molar-refractivity contribution is -0.0985. The van der Waals surface area contributed by atoms with E-state index in [2.05, 4.69) is 22.4 Å². The van der Waals surface area contributed by atoms with Gasteiger partial charge in [0.15, 0.2) is 0 Å². The van der Waals surface area contributed by atoms with E-state index in [1.54, 1.807) is 0 Å². The van der Waals surface area contributed by atoms with Gasteiger partial charge in [-0.05, 0) is 37.6 Å². The number of ether oxygens (including phenoxy) is 2. The number of rotatable bonds is 5. The summed E-state index contributed by atoms with van der Waals surface area (Å²) in [6.45, 7) is 5.87. The number of thiophene rings is 1. The van der Waals surface area contributed by atoms with Crippen LogP contribution in [0.15, 0.2) is 17.5 Å². The van der Waals surface area contributed by atoms with Crippen LogP contribution < -0.4 is 0 Å². The van der Waals surface area contributed by atoms with Crippen molar-refractivity contribution in [3.63, 3.8) is 0 Å². The van der Waals surface area contributed by atoms with Crippen molar-refractivity contribution < 1.29 is 9.47 Å². The zero-order chi connectivity index (χ0) is 13.1. The zero-order valence-corrected chi connectivity index (χ0v) is 12.4. The van der Waals surface area contributed by atoms with Gasteiger partial charge in [-0.2, -0.15) is 0 Å². The molecule has 0 aliphatic carbocycles. The highest BCUT2D eigenvalue weighted by molar-refractivity contribution is 7.09. The summed E-state index contributed by atoms with van der Waals surface area (Å²) < 4.78 is 11.7. The monoisotopic (exact) mass is 281 g/mol. The van der Waals surface area contributed by atoms with Crippen molar-refractivity contribution in [1.29, 1.82) is 0 Å². The summed E-state index contributed by atoms with van der Waals surface area (Å²) in [5.41, 5.74) is 0. The van der Waals surface area contributed by atoms with Gasteiger partial charge in [0.2, 0.25) is 0 Å². The van der Waals surface area contributed by atoms with Gasteiger partial charge < -0.3 is 9.47 Å². The Kier molecular flexibility index (Phi) is 4.53. The maximum atomic E-state index is 6.20. The Morgan fingerprint density at radius 2 is 2.37 bits per heavy atom. The fourth-order valence-electron chi connectivity index (χ4n) is 3.26. The van der Waals surface area contributed by atoms with Crippen molar-refractivity contribution in [2.75, 3.05) is 19.8 Å². The largest absolute Gasteiger partial charge is 0.379 e. The molecule has 4 heteroatoms. The third-order valence-corrected chi connectivity index (χ3v) is 5.06. The lowest BCUT2D eigenvalue weighted by atomic mass is 9.99. The maximum Gasteiger partial charge on any atom is 0.0813 e. The Morgan fingerprint density at radius 3 is 3.16 bits per heavy atom. The maximum absolute atomic E-state index is 6.20. The fourth-order valence-corrected chi connectivity index (χ4v) is 3.99. The van der Waals surface area contributed by atoms with Crippen molar-refractivity contribution in [1.82, 2.24) is 4.90 Å². The minimum atomic E-state index is 0.322. The van der Waals surface area contributed by atoms with Gasteiger partial charge in [0.25, 0.3) is 0 Å². The zero-order valence-electron chi connectivity index (χ0n) is 11.6. The molecule has 2 saturated heterocycles. The lowest BCUT2D eigenvalue weighted by Gasteiger charge is -2.35. The highest BCUT2D eigenvalue weighted by Crippen LogP contribution is 2.33. The van der Waals surface area contributed by atoms with E-state index in [0.29, 0.717) is 18.2 Å². The molecule has 3 rings (SSSR count). The number of hydrogen-bond acceptors (Lipinski definition) is 4. The van der Waals surface area contributed by atoms with E-state index in [-0.39, 0.29) is 0 Å². The Bertz CT molecular complexity index is 382. The summed E-state index contributed by atoms with van der Waals surface area (Å²) in [4.78, 5) is 4.07. The predicted octanol–water partition coefficient (Wildman–Crippen LogP) is 2.91. The van der Waals surface area contributed by atoms with E-state index in [0.717, 1.165) is 26.2 Å². The highest BCUT2D eigenvalue weighted by Gasteiger charge is 2.39. The topological polar surface area (TPSA) is 21.7 Å². The van der Waals surface area contributed by atoms with Crippen molar-refractivity contribution in [2.24, 2.45) is 0 Å². The summed E-state index contributed by atoms with van der Waals surface area (Å²) >= 11 is 1.86. The van der Waals surface area contributed by atoms with Crippen molar-refractivity contribution in [2.45, 2.75) is 51.0 Å². The average Bonchev–Trinajstić information content (AvgIpc) is 3.07. The third-order valence-electron chi connectivity index (χ3n) is 4.20. The van der Waals surface area contributed by atoms with Crippen LogP contribution in [0.5, 0.6) is 0 Å². The second-order valence-electron chi connectivity index (χ2n) is 5.44. The first-order valence-corrected chi connectivity index (χ1v) is 8.24. The van der Waals surface area contributed by atoms with Crippen LogP contribution in [0.2, 0.25) is 0 Å². The minimum absolute atomic E-state index is 0.322. The molecule has 3 nitrogen and oxygen atoms in total. The quantitative estimate of drug-likeness (QED) is 0.828. The Morgan fingerprint density at radius 1 is 1.42 bits per heavy atom. The molecule has 0 saturated carbocycles. The summed E-state index contributed by atoms with van der Waals surface area (Å²) in [5.74, 6) is 0. The van der Waals surface area contributed by atoms with Crippen LogP contribution in [0.25, 0.3) is 0 Å². The van der Waals surface area contributed by atoms with Crippen LogP contribution in [-0.2, 0) is 16.0 Å². The molecule has 0 spiro atoms. The summed E-state index contributed by atoms with van der Waals surface area (Å²) in [5, 5.41) is 2.17. The fraction of sp³-hybridized carbons (Fsp3) is 0.733. The lowest BCUT2D eigenvalue weighted by Crippen LogP contribution is -2.43. The smallest absolute Gasteiger partial charge is 0.0813 e. The normalized spacial score (nSPS) is 31.5. The van der Waals surface area contributed by atoms with Crippen molar-refractivity contribution in [3.05, 3.63) is 22.4 Å². The van der Waals surface area contributed by atoms with Crippen molar-refractivity contribution in [3.8, 4) is 0 Å². The van der Waals surface area contributed by atoms with Crippen LogP contribution >= 0.6 is 11.3 Å². The van der Waals surface area contributed by atoms with Crippen molar-refractivity contribution >= 4 is 11.3 Å². The third kappa shape index (κ3) is 3.19. The van der Waals surface area contributed by atoms with Gasteiger partial charge in [-0.25, -0.2) is 0 Å². The SMILES string of the molecule is CCOC[C@@H]1CC[C@@H]2[C@@H](CCN2Cc2cccs2)O1. The molecule has 0 N–H and O–H groups in total. The summed E-state index contributed by atoms with van der Waals surface area (Å²) in [6, 6.07) is 5.00. The Hall–Kier alpha value is -0.420. The van der Waals surface area contributed by atoms with E-state index in [1.807, 2.05) is 18.3 Å². The van der Waals surface area contributed by atoms with Gasteiger partial charge in [0, 0.05) is 30.6 Å². The van der Waals surface area contributed by atoms with E-state index in [4.69, 9.17) is 9.47 Å². The van der Waals surface area contributed by atoms with Gasteiger partial charge >= 0.3 is 0 Å². The molecule has 19 heavy (non-hydrogen) atoms. The Balaban J connectivity index is 1.53. The van der Waals surface area contributed by atoms with E-state index in [1.165, 1.54) is 24.3 Å². The number of likely N-dealkylation sites (tertiary alicyclic amines) is 1. The van der Waals surface area contributed by atoms with Gasteiger partial charge in [-0.15, -0.1) is 11.3 Å². The molecule has 2 aliphatic rings. The second kappa shape index (κ2) is 6.35. The van der Waals surface area contributed by atoms with Gasteiger partial charge in [-0.3, -0.25) is 4.90 Å². The molecule has 1 aromatic heterocycles. The minimum Gasteiger partial charge on any atom is -0.379 e. The first-order chi connectivity index (χ1) is 9.36. The van der Waals surface area contributed by atoms with Crippen LogP contribution in [0, 0.1) is 0 Å². The molecule has 0 aromatic carbocycles. The van der Waals surface area contributed by atoms with Crippen LogP contribution in [0.4, 0.5) is 0 Å². The van der Waals surface area contributed by atoms with Crippen LogP contribution in [0.1, 0.15) is 31.1 Å². The second-order valence-corrected chi connectivity index (χ2v) is 6.47. The molecular formula is C15H23NO2S. The Labute approximate surface area is 119 Å². The molecule has 0 bridgehead atoms. The highest BCUT2D eigenvalue weighted by atomic mass is 32.1. The molecule has 2 fully saturated rings. The van der Waals surface area contributed by atoms with E-state index < -0.39 is 0 Å². The molecule has 3 atom stereocenters. The molecule has 0 unspecified atom stereocenters. The molecule has 0 amide bonds. The number of nitrogens with zero attached hydrogens (tertiary/aromatic N) is 1. The van der Waals surface area contributed by atoms with Crippen LogP contribution in [0.3, 0.4) is 0 Å². The molecule has 2 aliphatic heterocycles. The predicted molar refractivity (Wildman–Crippen MR) is 77.5 cm³/mol. The van der Waals surface area contributed by atoms with Gasteiger partial charge in [-0.1, -0.05) is 6.07 Å². The molecule has 3 heterocycles. The first-order valence-electron chi connectivity index (χ1n) is 7.36. The molecule has 0 radical (unpaired) electrons. The van der Waals surface area contributed by atoms with Gasteiger partial charge in [0.05, 0.1) is 18.8 Å². The summed E-state index contributed by atoms with van der Waals surface area (Å²) in [6.07, 6.45) is 4.33. The standard InChI is InChI=1S/C15H23NO2S/c1-2-17-11-12-5-6-14-15(18-12)7-8-16(14)10-13-4-3-9-19-13/h3-4,9,12,14-15H,2,5-8,10-11H2,1H3/t12-,14+,15+/m0/s1. The summed E-state index contributed by atoms with van der Waals surface area (Å²) in [7, 11) is 0. The first kappa shape index (κ1) is 13.6. The van der Waals surface area contributed by atoms with Crippen LogP contribution in [-0.4, -0.2) is 42.9 Å². The number of hydrogen-bond donors (Lipinski definition) is 0. The van der Waals surface area contributed by atoms with Gasteiger partial charge in [0.1, 0.15) is 0 Å². The van der Waals surface area contributed by atoms with E-state index in [9.17, 15) is 0 Å². The molecule has 106 valence electrons. The molecule has 1 aromatic rings.